The van der Waals surface area contributed by atoms with Crippen molar-refractivity contribution in [3.8, 4) is 0 Å². The van der Waals surface area contributed by atoms with Gasteiger partial charge in [-0.05, 0) is 35.4 Å². The number of carbonyl (C=O) groups excluding carboxylic acids is 1. The first kappa shape index (κ1) is 18.3. The van der Waals surface area contributed by atoms with Gasteiger partial charge in [0.25, 0.3) is 5.03 Å². The molecule has 28 heavy (non-hydrogen) atoms. The van der Waals surface area contributed by atoms with Crippen molar-refractivity contribution in [3.05, 3.63) is 101 Å². The number of pyridine rings is 1. The maximum absolute atomic E-state index is 13.6. The van der Waals surface area contributed by atoms with Gasteiger partial charge in [0.05, 0.1) is 0 Å². The molecule has 4 nitrogen and oxygen atoms in total. The SMILES string of the molecule is CCc1cccc2c(C(=O)C(Sc3cccc[n+]3[O-])c3ccccc3)c[nH]c12. The Morgan fingerprint density at radius 3 is 2.61 bits per heavy atom. The molecule has 0 aliphatic carbocycles. The van der Waals surface area contributed by atoms with Gasteiger partial charge in [-0.15, -0.1) is 0 Å². The lowest BCUT2D eigenvalue weighted by atomic mass is 10.0. The standard InChI is InChI=1S/C23H20N2O2S/c1-2-16-11-8-12-18-19(15-24-21(16)18)22(26)23(17-9-4-3-5-10-17)28-20-13-6-7-14-25(20)27/h3-15,23-24H,2H2,1H3. The van der Waals surface area contributed by atoms with Crippen molar-refractivity contribution in [3.63, 3.8) is 0 Å². The van der Waals surface area contributed by atoms with Crippen LogP contribution in [0.1, 0.15) is 33.7 Å². The number of nitrogens with zero attached hydrogens (tertiary/aromatic N) is 1. The van der Waals surface area contributed by atoms with E-state index in [9.17, 15) is 10.0 Å². The molecule has 0 aliphatic heterocycles. The van der Waals surface area contributed by atoms with Crippen LogP contribution in [0.4, 0.5) is 0 Å². The largest absolute Gasteiger partial charge is 0.618 e. The van der Waals surface area contributed by atoms with E-state index in [1.54, 1.807) is 18.3 Å². The van der Waals surface area contributed by atoms with Gasteiger partial charge >= 0.3 is 0 Å². The van der Waals surface area contributed by atoms with E-state index in [2.05, 4.69) is 18.0 Å². The Bertz CT molecular complexity index is 1120. The van der Waals surface area contributed by atoms with Gasteiger partial charge in [-0.3, -0.25) is 4.79 Å². The minimum Gasteiger partial charge on any atom is -0.618 e. The molecule has 2 aromatic heterocycles. The molecule has 0 spiro atoms. The molecule has 2 heterocycles. The second kappa shape index (κ2) is 7.90. The molecule has 0 saturated carbocycles. The molecule has 1 N–H and O–H groups in total. The Balaban J connectivity index is 1.79. The Kier molecular flexibility index (Phi) is 5.17. The number of fused-ring (bicyclic) bond motifs is 1. The van der Waals surface area contributed by atoms with Crippen molar-refractivity contribution >= 4 is 28.4 Å². The van der Waals surface area contributed by atoms with Crippen molar-refractivity contribution in [2.45, 2.75) is 23.6 Å². The number of hydrogen-bond donors (Lipinski definition) is 1. The molecule has 2 aromatic carbocycles. The van der Waals surface area contributed by atoms with Crippen LogP contribution in [0.3, 0.4) is 0 Å². The van der Waals surface area contributed by atoms with Gasteiger partial charge in [-0.1, -0.05) is 55.5 Å². The van der Waals surface area contributed by atoms with Crippen molar-refractivity contribution in [1.82, 2.24) is 4.98 Å². The fourth-order valence-corrected chi connectivity index (χ4v) is 4.47. The normalized spacial score (nSPS) is 12.2. The number of aryl methyl sites for hydroxylation is 1. The molecule has 1 unspecified atom stereocenters. The van der Waals surface area contributed by atoms with Crippen LogP contribution in [-0.4, -0.2) is 10.8 Å². The Labute approximate surface area is 167 Å². The summed E-state index contributed by atoms with van der Waals surface area (Å²) in [4.78, 5) is 16.9. The van der Waals surface area contributed by atoms with Crippen LogP contribution < -0.4 is 4.73 Å². The van der Waals surface area contributed by atoms with E-state index in [-0.39, 0.29) is 5.78 Å². The Morgan fingerprint density at radius 2 is 1.86 bits per heavy atom. The van der Waals surface area contributed by atoms with E-state index in [1.165, 1.54) is 23.5 Å². The van der Waals surface area contributed by atoms with Crippen LogP contribution in [-0.2, 0) is 6.42 Å². The number of benzene rings is 2. The first-order chi connectivity index (χ1) is 13.7. The summed E-state index contributed by atoms with van der Waals surface area (Å²) in [6.45, 7) is 2.10. The second-order valence-corrected chi connectivity index (χ2v) is 7.66. The highest BCUT2D eigenvalue weighted by atomic mass is 32.2. The second-order valence-electron chi connectivity index (χ2n) is 6.53. The predicted octanol–water partition coefficient (Wildman–Crippen LogP) is 5.08. The van der Waals surface area contributed by atoms with Gasteiger partial charge < -0.3 is 10.2 Å². The summed E-state index contributed by atoms with van der Waals surface area (Å²) in [7, 11) is 0. The van der Waals surface area contributed by atoms with Gasteiger partial charge in [-0.2, -0.15) is 4.73 Å². The summed E-state index contributed by atoms with van der Waals surface area (Å²) in [5, 5.41) is 13.1. The monoisotopic (exact) mass is 388 g/mol. The van der Waals surface area contributed by atoms with Crippen LogP contribution >= 0.6 is 11.8 Å². The average Bonchev–Trinajstić information content (AvgIpc) is 3.17. The minimum absolute atomic E-state index is 0.0143. The smallest absolute Gasteiger partial charge is 0.252 e. The topological polar surface area (TPSA) is 59.8 Å². The van der Waals surface area contributed by atoms with Crippen molar-refractivity contribution in [2.24, 2.45) is 0 Å². The molecule has 4 rings (SSSR count). The summed E-state index contributed by atoms with van der Waals surface area (Å²) in [6.07, 6.45) is 4.13. The van der Waals surface area contributed by atoms with Crippen molar-refractivity contribution in [2.75, 3.05) is 0 Å². The first-order valence-electron chi connectivity index (χ1n) is 9.22. The molecule has 4 aromatic rings. The van der Waals surface area contributed by atoms with Gasteiger partial charge in [0.1, 0.15) is 5.25 Å². The molecular formula is C23H20N2O2S. The zero-order valence-electron chi connectivity index (χ0n) is 15.5. The number of hydrogen-bond acceptors (Lipinski definition) is 3. The summed E-state index contributed by atoms with van der Waals surface area (Å²) < 4.78 is 0.804. The van der Waals surface area contributed by atoms with E-state index in [0.29, 0.717) is 10.6 Å². The summed E-state index contributed by atoms with van der Waals surface area (Å²) in [6, 6.07) is 20.9. The van der Waals surface area contributed by atoms with E-state index in [4.69, 9.17) is 0 Å². The van der Waals surface area contributed by atoms with Gasteiger partial charge in [0, 0.05) is 34.8 Å². The maximum Gasteiger partial charge on any atom is 0.252 e. The van der Waals surface area contributed by atoms with Gasteiger partial charge in [0.15, 0.2) is 12.0 Å². The molecule has 0 fully saturated rings. The molecule has 5 heteroatoms. The Morgan fingerprint density at radius 1 is 1.07 bits per heavy atom. The van der Waals surface area contributed by atoms with Gasteiger partial charge in [-0.25, -0.2) is 0 Å². The average molecular weight is 388 g/mol. The number of H-pyrrole nitrogens is 1. The fraction of sp³-hybridized carbons (Fsp3) is 0.130. The van der Waals surface area contributed by atoms with E-state index in [1.807, 2.05) is 48.5 Å². The molecule has 0 saturated heterocycles. The number of carbonyl (C=O) groups is 1. The quantitative estimate of drug-likeness (QED) is 0.217. The van der Waals surface area contributed by atoms with Crippen LogP contribution in [0.15, 0.2) is 84.1 Å². The lowest BCUT2D eigenvalue weighted by Crippen LogP contribution is -2.28. The van der Waals surface area contributed by atoms with Crippen molar-refractivity contribution < 1.29 is 9.52 Å². The minimum atomic E-state index is -0.506. The number of ketones is 1. The first-order valence-corrected chi connectivity index (χ1v) is 10.1. The highest BCUT2D eigenvalue weighted by Crippen LogP contribution is 2.38. The lowest BCUT2D eigenvalue weighted by Gasteiger charge is -2.15. The number of thioether (sulfide) groups is 1. The summed E-state index contributed by atoms with van der Waals surface area (Å²) in [5.74, 6) is -0.0143. The molecule has 0 bridgehead atoms. The Hall–Kier alpha value is -3.05. The number of nitrogens with one attached hydrogen (secondary N) is 1. The predicted molar refractivity (Wildman–Crippen MR) is 112 cm³/mol. The number of aromatic amines is 1. The maximum atomic E-state index is 13.6. The molecule has 140 valence electrons. The zero-order valence-corrected chi connectivity index (χ0v) is 16.3. The molecular weight excluding hydrogens is 368 g/mol. The summed E-state index contributed by atoms with van der Waals surface area (Å²) >= 11 is 1.28. The molecule has 0 aliphatic rings. The summed E-state index contributed by atoms with van der Waals surface area (Å²) in [5.41, 5.74) is 3.71. The number of rotatable bonds is 6. The van der Waals surface area contributed by atoms with Crippen LogP contribution in [0.25, 0.3) is 10.9 Å². The van der Waals surface area contributed by atoms with Crippen molar-refractivity contribution in [1.29, 1.82) is 0 Å². The molecule has 1 atom stereocenters. The van der Waals surface area contributed by atoms with Gasteiger partial charge in [0.2, 0.25) is 0 Å². The molecule has 0 amide bonds. The third-order valence-corrected chi connectivity index (χ3v) is 6.10. The number of Topliss-reactive ketones (excluding diaryl/α,β-unsaturated/α-hetero) is 1. The highest BCUT2D eigenvalue weighted by Gasteiger charge is 2.28. The fourth-order valence-electron chi connectivity index (χ4n) is 3.38. The molecule has 0 radical (unpaired) electrons. The van der Waals surface area contributed by atoms with Crippen LogP contribution in [0.2, 0.25) is 0 Å². The van der Waals surface area contributed by atoms with E-state index < -0.39 is 5.25 Å². The van der Waals surface area contributed by atoms with Crippen LogP contribution in [0, 0.1) is 5.21 Å². The highest BCUT2D eigenvalue weighted by molar-refractivity contribution is 8.00. The van der Waals surface area contributed by atoms with E-state index in [0.717, 1.165) is 27.6 Å². The van der Waals surface area contributed by atoms with E-state index >= 15 is 0 Å². The number of para-hydroxylation sites is 1. The third kappa shape index (κ3) is 3.41. The van der Waals surface area contributed by atoms with Crippen LogP contribution in [0.5, 0.6) is 0 Å². The third-order valence-electron chi connectivity index (χ3n) is 4.82. The lowest BCUT2D eigenvalue weighted by molar-refractivity contribution is -0.645. The zero-order chi connectivity index (χ0) is 19.5. The number of aromatic nitrogens is 2.